The van der Waals surface area contributed by atoms with Crippen LogP contribution in [0.25, 0.3) is 10.9 Å². The molecule has 0 aliphatic carbocycles. The van der Waals surface area contributed by atoms with Crippen molar-refractivity contribution in [3.05, 3.63) is 70.3 Å². The smallest absolute Gasteiger partial charge is 0.261 e. The highest BCUT2D eigenvalue weighted by molar-refractivity contribution is 5.77. The maximum Gasteiger partial charge on any atom is 0.261 e. The summed E-state index contributed by atoms with van der Waals surface area (Å²) in [6, 6.07) is 15.4. The first kappa shape index (κ1) is 22.0. The van der Waals surface area contributed by atoms with Crippen molar-refractivity contribution in [3.8, 4) is 5.75 Å². The lowest BCUT2D eigenvalue weighted by Crippen LogP contribution is -2.27. The number of rotatable bonds is 11. The molecule has 0 N–H and O–H groups in total. The van der Waals surface area contributed by atoms with Crippen LogP contribution in [0.3, 0.4) is 0 Å². The number of fused-ring (bicyclic) bond motifs is 1. The van der Waals surface area contributed by atoms with Gasteiger partial charge < -0.3 is 14.2 Å². The lowest BCUT2D eigenvalue weighted by Gasteiger charge is -2.16. The van der Waals surface area contributed by atoms with E-state index in [2.05, 4.69) is 4.98 Å². The Kier molecular flexibility index (Phi) is 7.99. The molecule has 1 unspecified atom stereocenters. The molecule has 0 saturated heterocycles. The standard InChI is InChI=1S/C24H30N2O4/c1-4-23-25-22-9-7-6-8-21(22)24(27)26(23)14-15-30-19-12-10-18(11-13-19)16-20(17-28-3)29-5-2/h6-13,20H,4-5,14-17H2,1-3H3. The number of hydrogen-bond acceptors (Lipinski definition) is 5. The van der Waals surface area contributed by atoms with Gasteiger partial charge in [-0.3, -0.25) is 9.36 Å². The van der Waals surface area contributed by atoms with E-state index in [1.54, 1.807) is 11.7 Å². The Morgan fingerprint density at radius 3 is 2.53 bits per heavy atom. The van der Waals surface area contributed by atoms with Crippen LogP contribution in [-0.4, -0.2) is 42.6 Å². The van der Waals surface area contributed by atoms with Crippen LogP contribution in [0, 0.1) is 0 Å². The van der Waals surface area contributed by atoms with E-state index in [1.807, 2.05) is 62.4 Å². The third kappa shape index (κ3) is 5.46. The Morgan fingerprint density at radius 1 is 1.07 bits per heavy atom. The summed E-state index contributed by atoms with van der Waals surface area (Å²) >= 11 is 0. The van der Waals surface area contributed by atoms with E-state index >= 15 is 0 Å². The summed E-state index contributed by atoms with van der Waals surface area (Å²) < 4.78 is 18.5. The summed E-state index contributed by atoms with van der Waals surface area (Å²) in [6.07, 6.45) is 1.53. The topological polar surface area (TPSA) is 62.6 Å². The molecule has 6 heteroatoms. The minimum Gasteiger partial charge on any atom is -0.492 e. The second-order valence-electron chi connectivity index (χ2n) is 7.08. The molecule has 3 aromatic rings. The van der Waals surface area contributed by atoms with Crippen LogP contribution in [-0.2, 0) is 28.9 Å². The second kappa shape index (κ2) is 10.9. The lowest BCUT2D eigenvalue weighted by molar-refractivity contribution is 0.00474. The van der Waals surface area contributed by atoms with Crippen LogP contribution in [0.1, 0.15) is 25.2 Å². The summed E-state index contributed by atoms with van der Waals surface area (Å²) in [4.78, 5) is 17.5. The van der Waals surface area contributed by atoms with Gasteiger partial charge in [0.25, 0.3) is 5.56 Å². The summed E-state index contributed by atoms with van der Waals surface area (Å²) in [5.74, 6) is 1.55. The SMILES string of the molecule is CCOC(COC)Cc1ccc(OCCn2c(CC)nc3ccccc3c2=O)cc1. The molecule has 1 atom stereocenters. The molecule has 160 valence electrons. The molecule has 0 fully saturated rings. The van der Waals surface area contributed by atoms with Gasteiger partial charge in [-0.15, -0.1) is 0 Å². The average molecular weight is 411 g/mol. The fourth-order valence-corrected chi connectivity index (χ4v) is 3.54. The summed E-state index contributed by atoms with van der Waals surface area (Å²) in [7, 11) is 1.68. The molecule has 1 heterocycles. The highest BCUT2D eigenvalue weighted by atomic mass is 16.5. The van der Waals surface area contributed by atoms with Crippen molar-refractivity contribution in [2.45, 2.75) is 39.3 Å². The molecular weight excluding hydrogens is 380 g/mol. The van der Waals surface area contributed by atoms with Crippen LogP contribution in [0.4, 0.5) is 0 Å². The molecule has 0 saturated carbocycles. The van der Waals surface area contributed by atoms with Crippen molar-refractivity contribution in [3.63, 3.8) is 0 Å². The Labute approximate surface area is 177 Å². The predicted molar refractivity (Wildman–Crippen MR) is 118 cm³/mol. The molecule has 0 amide bonds. The molecule has 2 aromatic carbocycles. The van der Waals surface area contributed by atoms with Crippen LogP contribution < -0.4 is 10.3 Å². The monoisotopic (exact) mass is 410 g/mol. The minimum atomic E-state index is -0.0171. The van der Waals surface area contributed by atoms with E-state index in [4.69, 9.17) is 14.2 Å². The zero-order valence-corrected chi connectivity index (χ0v) is 18.0. The molecule has 6 nitrogen and oxygen atoms in total. The number of nitrogens with zero attached hydrogens (tertiary/aromatic N) is 2. The largest absolute Gasteiger partial charge is 0.492 e. The fourth-order valence-electron chi connectivity index (χ4n) is 3.54. The van der Waals surface area contributed by atoms with Crippen LogP contribution in [0.15, 0.2) is 53.3 Å². The first-order valence-electron chi connectivity index (χ1n) is 10.5. The lowest BCUT2D eigenvalue weighted by atomic mass is 10.1. The van der Waals surface area contributed by atoms with E-state index in [9.17, 15) is 4.79 Å². The molecule has 1 aromatic heterocycles. The average Bonchev–Trinajstić information content (AvgIpc) is 2.76. The number of ether oxygens (including phenoxy) is 3. The van der Waals surface area contributed by atoms with Gasteiger partial charge in [-0.05, 0) is 36.8 Å². The van der Waals surface area contributed by atoms with E-state index in [0.29, 0.717) is 38.2 Å². The van der Waals surface area contributed by atoms with Crippen molar-refractivity contribution in [1.29, 1.82) is 0 Å². The summed E-state index contributed by atoms with van der Waals surface area (Å²) in [5, 5.41) is 0.638. The van der Waals surface area contributed by atoms with Gasteiger partial charge in [0.05, 0.1) is 30.2 Å². The molecule has 0 bridgehead atoms. The van der Waals surface area contributed by atoms with E-state index in [1.165, 1.54) is 5.56 Å². The summed E-state index contributed by atoms with van der Waals surface area (Å²) in [5.41, 5.74) is 1.89. The van der Waals surface area contributed by atoms with Gasteiger partial charge in [0.1, 0.15) is 18.2 Å². The molecule has 0 aliphatic heterocycles. The molecule has 3 rings (SSSR count). The van der Waals surface area contributed by atoms with Gasteiger partial charge in [0, 0.05) is 26.6 Å². The van der Waals surface area contributed by atoms with E-state index in [-0.39, 0.29) is 11.7 Å². The molecule has 0 spiro atoms. The number of para-hydroxylation sites is 1. The second-order valence-corrected chi connectivity index (χ2v) is 7.08. The van der Waals surface area contributed by atoms with Crippen LogP contribution >= 0.6 is 0 Å². The maximum absolute atomic E-state index is 12.8. The normalized spacial score (nSPS) is 12.2. The summed E-state index contributed by atoms with van der Waals surface area (Å²) in [6.45, 7) is 6.09. The quantitative estimate of drug-likeness (QED) is 0.483. The zero-order valence-electron chi connectivity index (χ0n) is 18.0. The molecule has 0 aliphatic rings. The van der Waals surface area contributed by atoms with Gasteiger partial charge in [-0.2, -0.15) is 0 Å². The number of methoxy groups -OCH3 is 1. The van der Waals surface area contributed by atoms with Gasteiger partial charge in [0.2, 0.25) is 0 Å². The maximum atomic E-state index is 12.8. The van der Waals surface area contributed by atoms with Gasteiger partial charge >= 0.3 is 0 Å². The first-order valence-corrected chi connectivity index (χ1v) is 10.5. The van der Waals surface area contributed by atoms with Crippen molar-refractivity contribution >= 4 is 10.9 Å². The number of benzene rings is 2. The molecule has 30 heavy (non-hydrogen) atoms. The van der Waals surface area contributed by atoms with E-state index < -0.39 is 0 Å². The number of aromatic nitrogens is 2. The Bertz CT molecular complexity index is 992. The fraction of sp³-hybridized carbons (Fsp3) is 0.417. The Hall–Kier alpha value is -2.70. The van der Waals surface area contributed by atoms with Gasteiger partial charge in [0.15, 0.2) is 0 Å². The highest BCUT2D eigenvalue weighted by Gasteiger charge is 2.11. The van der Waals surface area contributed by atoms with Crippen LogP contribution in [0.5, 0.6) is 5.75 Å². The van der Waals surface area contributed by atoms with Crippen molar-refractivity contribution < 1.29 is 14.2 Å². The molecular formula is C24H30N2O4. The van der Waals surface area contributed by atoms with Crippen LogP contribution in [0.2, 0.25) is 0 Å². The predicted octanol–water partition coefficient (Wildman–Crippen LogP) is 3.63. The van der Waals surface area contributed by atoms with Crippen molar-refractivity contribution in [2.24, 2.45) is 0 Å². The van der Waals surface area contributed by atoms with E-state index in [0.717, 1.165) is 23.5 Å². The van der Waals surface area contributed by atoms with Crippen molar-refractivity contribution in [2.75, 3.05) is 26.9 Å². The first-order chi connectivity index (χ1) is 14.7. The Morgan fingerprint density at radius 2 is 1.83 bits per heavy atom. The zero-order chi connectivity index (χ0) is 21.3. The number of aryl methyl sites for hydroxylation is 1. The third-order valence-corrected chi connectivity index (χ3v) is 4.98. The third-order valence-electron chi connectivity index (χ3n) is 4.98. The number of hydrogen-bond donors (Lipinski definition) is 0. The highest BCUT2D eigenvalue weighted by Crippen LogP contribution is 2.15. The van der Waals surface area contributed by atoms with Gasteiger partial charge in [-0.25, -0.2) is 4.98 Å². The van der Waals surface area contributed by atoms with Crippen molar-refractivity contribution in [1.82, 2.24) is 9.55 Å². The van der Waals surface area contributed by atoms with Gasteiger partial charge in [-0.1, -0.05) is 31.2 Å². The Balaban J connectivity index is 1.63. The minimum absolute atomic E-state index is 0.0171. The molecule has 0 radical (unpaired) electrons.